The largest absolute Gasteiger partial charge is 0.341 e. The van der Waals surface area contributed by atoms with E-state index in [0.29, 0.717) is 11.7 Å². The van der Waals surface area contributed by atoms with Crippen molar-refractivity contribution in [2.45, 2.75) is 59.5 Å². The number of nitrogens with one attached hydrogen (secondary N) is 1. The van der Waals surface area contributed by atoms with Crippen molar-refractivity contribution < 1.29 is 9.59 Å². The third-order valence-electron chi connectivity index (χ3n) is 6.99. The first-order chi connectivity index (χ1) is 16.9. The van der Waals surface area contributed by atoms with Crippen molar-refractivity contribution in [1.29, 1.82) is 0 Å². The predicted octanol–water partition coefficient (Wildman–Crippen LogP) is 3.89. The predicted molar refractivity (Wildman–Crippen MR) is 139 cm³/mol. The van der Waals surface area contributed by atoms with Gasteiger partial charge in [-0.25, -0.2) is 4.98 Å². The Bertz CT molecular complexity index is 1190. The Morgan fingerprint density at radius 1 is 1.11 bits per heavy atom. The molecule has 2 aromatic heterocycles. The van der Waals surface area contributed by atoms with Crippen molar-refractivity contribution in [2.75, 3.05) is 31.5 Å². The van der Waals surface area contributed by atoms with Gasteiger partial charge in [0.15, 0.2) is 0 Å². The highest BCUT2D eigenvalue weighted by Crippen LogP contribution is 2.24. The fourth-order valence-corrected chi connectivity index (χ4v) is 4.89. The van der Waals surface area contributed by atoms with Crippen LogP contribution in [0.3, 0.4) is 0 Å². The normalized spacial score (nSPS) is 14.6. The number of hydrogen-bond donors (Lipinski definition) is 1. The average Bonchev–Trinajstić information content (AvgIpc) is 3.26. The Labute approximate surface area is 207 Å². The van der Waals surface area contributed by atoms with E-state index in [9.17, 15) is 9.59 Å². The molecule has 186 valence electrons. The number of likely N-dealkylation sites (tertiary alicyclic amines) is 1. The van der Waals surface area contributed by atoms with Gasteiger partial charge in [0, 0.05) is 42.1 Å². The summed E-state index contributed by atoms with van der Waals surface area (Å²) in [6.07, 6.45) is 4.69. The van der Waals surface area contributed by atoms with Gasteiger partial charge in [0.1, 0.15) is 12.2 Å². The number of nitrogens with zero attached hydrogens (tertiary/aromatic N) is 5. The molecule has 0 saturated carbocycles. The van der Waals surface area contributed by atoms with E-state index in [1.807, 2.05) is 49.2 Å². The molecule has 1 aliphatic heterocycles. The number of aryl methyl sites for hydroxylation is 2. The van der Waals surface area contributed by atoms with Gasteiger partial charge in [-0.3, -0.25) is 14.3 Å². The maximum atomic E-state index is 12.9. The van der Waals surface area contributed by atoms with E-state index >= 15 is 0 Å². The van der Waals surface area contributed by atoms with Crippen LogP contribution in [0.1, 0.15) is 55.4 Å². The fourth-order valence-electron chi connectivity index (χ4n) is 4.89. The summed E-state index contributed by atoms with van der Waals surface area (Å²) < 4.78 is 1.71. The van der Waals surface area contributed by atoms with E-state index in [2.05, 4.69) is 34.1 Å². The maximum absolute atomic E-state index is 12.9. The number of pyridine rings is 1. The Balaban J connectivity index is 1.42. The lowest BCUT2D eigenvalue weighted by molar-refractivity contribution is -0.133. The van der Waals surface area contributed by atoms with Crippen LogP contribution < -0.4 is 5.32 Å². The summed E-state index contributed by atoms with van der Waals surface area (Å²) in [5, 5.41) is 8.48. The molecule has 0 bridgehead atoms. The van der Waals surface area contributed by atoms with Crippen molar-refractivity contribution in [1.82, 2.24) is 24.6 Å². The topological polar surface area (TPSA) is 83.4 Å². The number of carbonyl (C=O) groups excluding carboxylic acids is 2. The molecular weight excluding hydrogens is 440 g/mol. The summed E-state index contributed by atoms with van der Waals surface area (Å²) in [7, 11) is 0. The molecule has 2 amide bonds. The van der Waals surface area contributed by atoms with E-state index in [4.69, 9.17) is 0 Å². The van der Waals surface area contributed by atoms with E-state index in [-0.39, 0.29) is 18.4 Å². The molecule has 1 N–H and O–H groups in total. The standard InChI is InChI=1S/C27H36N6O2/c1-5-21-9-8-10-23(28-21)27(35)29-24-16-20-17-33(30-25(20)15-19(24)4)18-26(34)32-13-11-22(12-14-32)31(6-2)7-3/h8-10,15-17,22H,5-7,11-14,18H2,1-4H3,(H,29,35). The van der Waals surface area contributed by atoms with Crippen LogP contribution in [0.2, 0.25) is 0 Å². The molecule has 0 spiro atoms. The maximum Gasteiger partial charge on any atom is 0.274 e. The smallest absolute Gasteiger partial charge is 0.274 e. The van der Waals surface area contributed by atoms with E-state index in [0.717, 1.165) is 73.3 Å². The highest BCUT2D eigenvalue weighted by atomic mass is 16.2. The molecule has 35 heavy (non-hydrogen) atoms. The molecule has 1 saturated heterocycles. The monoisotopic (exact) mass is 476 g/mol. The first-order valence-electron chi connectivity index (χ1n) is 12.7. The number of rotatable bonds is 8. The molecule has 0 atom stereocenters. The zero-order chi connectivity index (χ0) is 24.9. The van der Waals surface area contributed by atoms with Gasteiger partial charge in [-0.1, -0.05) is 26.8 Å². The summed E-state index contributed by atoms with van der Waals surface area (Å²) in [6.45, 7) is 12.3. The van der Waals surface area contributed by atoms with Gasteiger partial charge < -0.3 is 15.1 Å². The molecule has 8 heteroatoms. The number of fused-ring (bicyclic) bond motifs is 1. The minimum Gasteiger partial charge on any atom is -0.341 e. The van der Waals surface area contributed by atoms with Crippen molar-refractivity contribution in [3.05, 3.63) is 53.5 Å². The van der Waals surface area contributed by atoms with Crippen molar-refractivity contribution >= 4 is 28.4 Å². The molecule has 3 aromatic rings. The molecule has 1 aliphatic rings. The zero-order valence-electron chi connectivity index (χ0n) is 21.3. The number of benzene rings is 1. The number of hydrogen-bond acceptors (Lipinski definition) is 5. The molecule has 0 aliphatic carbocycles. The van der Waals surface area contributed by atoms with Crippen molar-refractivity contribution in [3.8, 4) is 0 Å². The highest BCUT2D eigenvalue weighted by molar-refractivity contribution is 6.04. The summed E-state index contributed by atoms with van der Waals surface area (Å²) >= 11 is 0. The number of piperidine rings is 1. The van der Waals surface area contributed by atoms with Gasteiger partial charge >= 0.3 is 0 Å². The van der Waals surface area contributed by atoms with Gasteiger partial charge in [0.05, 0.1) is 5.52 Å². The van der Waals surface area contributed by atoms with Crippen molar-refractivity contribution in [3.63, 3.8) is 0 Å². The van der Waals surface area contributed by atoms with Crippen LogP contribution in [0, 0.1) is 6.92 Å². The summed E-state index contributed by atoms with van der Waals surface area (Å²) in [5.41, 5.74) is 3.71. The van der Waals surface area contributed by atoms with Gasteiger partial charge in [0.2, 0.25) is 5.91 Å². The lowest BCUT2D eigenvalue weighted by Crippen LogP contribution is -2.47. The van der Waals surface area contributed by atoms with Crippen LogP contribution in [-0.2, 0) is 17.8 Å². The quantitative estimate of drug-likeness (QED) is 0.533. The lowest BCUT2D eigenvalue weighted by atomic mass is 10.0. The SMILES string of the molecule is CCc1cccc(C(=O)Nc2cc3cn(CC(=O)N4CCC(N(CC)CC)CC4)nc3cc2C)n1. The minimum atomic E-state index is -0.238. The van der Waals surface area contributed by atoms with E-state index in [1.165, 1.54) is 0 Å². The second-order valence-electron chi connectivity index (χ2n) is 9.21. The molecule has 0 unspecified atom stereocenters. The van der Waals surface area contributed by atoms with Crippen LogP contribution in [0.5, 0.6) is 0 Å². The first-order valence-corrected chi connectivity index (χ1v) is 12.7. The van der Waals surface area contributed by atoms with Gasteiger partial charge in [-0.05, 0) is 69.1 Å². The Hall–Kier alpha value is -3.26. The van der Waals surface area contributed by atoms with Crippen LogP contribution in [0.4, 0.5) is 5.69 Å². The van der Waals surface area contributed by atoms with Crippen LogP contribution >= 0.6 is 0 Å². The third-order valence-corrected chi connectivity index (χ3v) is 6.99. The van der Waals surface area contributed by atoms with Crippen LogP contribution in [0.25, 0.3) is 10.9 Å². The average molecular weight is 477 g/mol. The Morgan fingerprint density at radius 3 is 2.54 bits per heavy atom. The second-order valence-corrected chi connectivity index (χ2v) is 9.21. The summed E-state index contributed by atoms with van der Waals surface area (Å²) in [6, 6.07) is 9.91. The Morgan fingerprint density at radius 2 is 1.86 bits per heavy atom. The number of anilines is 1. The van der Waals surface area contributed by atoms with Crippen LogP contribution in [-0.4, -0.2) is 68.6 Å². The van der Waals surface area contributed by atoms with Crippen LogP contribution in [0.15, 0.2) is 36.5 Å². The van der Waals surface area contributed by atoms with E-state index in [1.54, 1.807) is 10.7 Å². The second kappa shape index (κ2) is 11.0. The highest BCUT2D eigenvalue weighted by Gasteiger charge is 2.25. The summed E-state index contributed by atoms with van der Waals surface area (Å²) in [5.74, 6) is -0.138. The van der Waals surface area contributed by atoms with Gasteiger partial charge in [0.25, 0.3) is 5.91 Å². The number of amides is 2. The van der Waals surface area contributed by atoms with Gasteiger partial charge in [-0.2, -0.15) is 5.10 Å². The molecule has 1 aromatic carbocycles. The molecule has 8 nitrogen and oxygen atoms in total. The minimum absolute atomic E-state index is 0.0999. The molecule has 0 radical (unpaired) electrons. The number of carbonyl (C=O) groups is 2. The molecule has 1 fully saturated rings. The fraction of sp³-hybridized carbons (Fsp3) is 0.481. The van der Waals surface area contributed by atoms with Gasteiger partial charge in [-0.15, -0.1) is 0 Å². The molecular formula is C27H36N6O2. The lowest BCUT2D eigenvalue weighted by Gasteiger charge is -2.37. The first kappa shape index (κ1) is 24.9. The molecule has 4 rings (SSSR count). The Kier molecular flexibility index (Phi) is 7.80. The summed E-state index contributed by atoms with van der Waals surface area (Å²) in [4.78, 5) is 34.5. The van der Waals surface area contributed by atoms with Crippen molar-refractivity contribution in [2.24, 2.45) is 0 Å². The molecule has 3 heterocycles. The van der Waals surface area contributed by atoms with E-state index < -0.39 is 0 Å². The zero-order valence-corrected chi connectivity index (χ0v) is 21.3. The third kappa shape index (κ3) is 5.70. The number of aromatic nitrogens is 3.